The first-order valence-electron chi connectivity index (χ1n) is 8.24. The highest BCUT2D eigenvalue weighted by molar-refractivity contribution is 7.13. The number of rotatable bonds is 4. The smallest absolute Gasteiger partial charge is 0.296 e. The van der Waals surface area contributed by atoms with Crippen LogP contribution in [0.2, 0.25) is 0 Å². The fourth-order valence-corrected chi connectivity index (χ4v) is 3.83. The van der Waals surface area contributed by atoms with Gasteiger partial charge in [-0.05, 0) is 24.3 Å². The first-order chi connectivity index (χ1) is 13.6. The molecule has 138 valence electrons. The summed E-state index contributed by atoms with van der Waals surface area (Å²) in [5, 5.41) is 19.2. The van der Waals surface area contributed by atoms with E-state index in [9.17, 15) is 14.7 Å². The van der Waals surface area contributed by atoms with Crippen molar-refractivity contribution in [3.63, 3.8) is 0 Å². The lowest BCUT2D eigenvalue weighted by molar-refractivity contribution is -0.117. The Hall–Kier alpha value is -3.72. The highest BCUT2D eigenvalue weighted by Gasteiger charge is 2.47. The number of carbonyl (C=O) groups is 2. The van der Waals surface area contributed by atoms with Crippen molar-refractivity contribution in [3.8, 4) is 0 Å². The molecule has 0 bridgehead atoms. The number of aliphatic hydroxyl groups is 1. The molecular formula is C19H11N3O5S. The molecule has 5 rings (SSSR count). The highest BCUT2D eigenvalue weighted by Crippen LogP contribution is 2.42. The van der Waals surface area contributed by atoms with Gasteiger partial charge in [0.25, 0.3) is 5.91 Å². The van der Waals surface area contributed by atoms with Gasteiger partial charge in [0.15, 0.2) is 11.5 Å². The minimum Gasteiger partial charge on any atom is -0.503 e. The predicted molar refractivity (Wildman–Crippen MR) is 99.0 cm³/mol. The van der Waals surface area contributed by atoms with E-state index in [-0.39, 0.29) is 16.5 Å². The maximum absolute atomic E-state index is 13.2. The number of aromatic nitrogens is 2. The van der Waals surface area contributed by atoms with Crippen LogP contribution in [0.1, 0.15) is 22.4 Å². The third kappa shape index (κ3) is 2.37. The molecule has 0 radical (unpaired) electrons. The van der Waals surface area contributed by atoms with Crippen LogP contribution < -0.4 is 4.90 Å². The van der Waals surface area contributed by atoms with Gasteiger partial charge in [0.2, 0.25) is 10.9 Å². The molecular weight excluding hydrogens is 382 g/mol. The number of anilines is 1. The van der Waals surface area contributed by atoms with Crippen molar-refractivity contribution in [2.75, 3.05) is 4.90 Å². The van der Waals surface area contributed by atoms with Crippen LogP contribution in [0.4, 0.5) is 5.13 Å². The first-order valence-corrected chi connectivity index (χ1v) is 9.12. The van der Waals surface area contributed by atoms with Gasteiger partial charge in [0, 0.05) is 5.39 Å². The van der Waals surface area contributed by atoms with Crippen LogP contribution >= 0.6 is 11.3 Å². The van der Waals surface area contributed by atoms with Crippen LogP contribution in [0.5, 0.6) is 0 Å². The van der Waals surface area contributed by atoms with Crippen molar-refractivity contribution in [2.45, 2.75) is 6.04 Å². The normalized spacial score (nSPS) is 17.1. The van der Waals surface area contributed by atoms with Crippen molar-refractivity contribution in [1.29, 1.82) is 0 Å². The molecule has 0 spiro atoms. The van der Waals surface area contributed by atoms with Gasteiger partial charge in [-0.15, -0.1) is 10.2 Å². The zero-order valence-electron chi connectivity index (χ0n) is 14.1. The standard InChI is InChI=1S/C19H11N3O5S/c23-16(13-8-10-4-1-2-5-11(10)27-13)14-15(12-6-3-7-26-12)22(18(25)17(14)24)19-21-20-9-28-19/h1-9,15,24H. The van der Waals surface area contributed by atoms with Crippen molar-refractivity contribution in [1.82, 2.24) is 10.2 Å². The number of ketones is 1. The maximum atomic E-state index is 13.2. The minimum atomic E-state index is -0.976. The Balaban J connectivity index is 1.65. The Kier molecular flexibility index (Phi) is 3.63. The van der Waals surface area contributed by atoms with E-state index < -0.39 is 23.5 Å². The zero-order valence-corrected chi connectivity index (χ0v) is 14.9. The van der Waals surface area contributed by atoms with E-state index in [1.54, 1.807) is 36.4 Å². The molecule has 1 amide bonds. The molecule has 9 heteroatoms. The van der Waals surface area contributed by atoms with Crippen LogP contribution in [0.15, 0.2) is 74.4 Å². The molecule has 0 saturated heterocycles. The van der Waals surface area contributed by atoms with Crippen LogP contribution in [0.25, 0.3) is 11.0 Å². The quantitative estimate of drug-likeness (QED) is 0.527. The summed E-state index contributed by atoms with van der Waals surface area (Å²) in [6.45, 7) is 0. The molecule has 4 aromatic rings. The van der Waals surface area contributed by atoms with Gasteiger partial charge < -0.3 is 13.9 Å². The summed E-state index contributed by atoms with van der Waals surface area (Å²) in [6, 6.07) is 11.0. The average molecular weight is 393 g/mol. The summed E-state index contributed by atoms with van der Waals surface area (Å²) in [5.74, 6) is -1.69. The number of furan rings is 2. The SMILES string of the molecule is O=C(C1=C(O)C(=O)N(c2nncs2)C1c1ccco1)c1cc2ccccc2o1. The second-order valence-corrected chi connectivity index (χ2v) is 6.87. The van der Waals surface area contributed by atoms with Crippen molar-refractivity contribution >= 4 is 39.1 Å². The third-order valence-corrected chi connectivity index (χ3v) is 5.16. The number of amides is 1. The molecule has 1 unspecified atom stereocenters. The molecule has 3 aromatic heterocycles. The van der Waals surface area contributed by atoms with E-state index in [1.165, 1.54) is 16.7 Å². The largest absolute Gasteiger partial charge is 0.503 e. The van der Waals surface area contributed by atoms with Gasteiger partial charge in [-0.1, -0.05) is 29.5 Å². The van der Waals surface area contributed by atoms with Gasteiger partial charge in [-0.3, -0.25) is 14.5 Å². The van der Waals surface area contributed by atoms with E-state index >= 15 is 0 Å². The van der Waals surface area contributed by atoms with E-state index in [1.807, 2.05) is 6.07 Å². The highest BCUT2D eigenvalue weighted by atomic mass is 32.1. The second kappa shape index (κ2) is 6.17. The molecule has 0 fully saturated rings. The third-order valence-electron chi connectivity index (χ3n) is 4.47. The molecule has 28 heavy (non-hydrogen) atoms. The van der Waals surface area contributed by atoms with Crippen LogP contribution in [-0.2, 0) is 4.79 Å². The Morgan fingerprint density at radius 3 is 2.79 bits per heavy atom. The number of carbonyl (C=O) groups excluding carboxylic acids is 2. The summed E-state index contributed by atoms with van der Waals surface area (Å²) in [4.78, 5) is 27.2. The van der Waals surface area contributed by atoms with Gasteiger partial charge in [-0.25, -0.2) is 0 Å². The molecule has 1 atom stereocenters. The lowest BCUT2D eigenvalue weighted by Gasteiger charge is -2.21. The Labute approximate surface area is 161 Å². The van der Waals surface area contributed by atoms with E-state index in [0.29, 0.717) is 11.3 Å². The lowest BCUT2D eigenvalue weighted by atomic mass is 10.00. The van der Waals surface area contributed by atoms with E-state index in [4.69, 9.17) is 8.83 Å². The number of Topliss-reactive ketones (excluding diaryl/α,β-unsaturated/α-hetero) is 1. The fraction of sp³-hybridized carbons (Fsp3) is 0.0526. The average Bonchev–Trinajstić information content (AvgIpc) is 3.49. The Bertz CT molecular complexity index is 1190. The second-order valence-electron chi connectivity index (χ2n) is 6.05. The van der Waals surface area contributed by atoms with Gasteiger partial charge in [0.1, 0.15) is 22.9 Å². The number of hydrogen-bond donors (Lipinski definition) is 1. The summed E-state index contributed by atoms with van der Waals surface area (Å²) in [7, 11) is 0. The number of nitrogens with zero attached hydrogens (tertiary/aromatic N) is 3. The van der Waals surface area contributed by atoms with Crippen molar-refractivity contribution in [3.05, 3.63) is 77.1 Å². The summed E-state index contributed by atoms with van der Waals surface area (Å²) < 4.78 is 11.1. The number of fused-ring (bicyclic) bond motifs is 1. The topological polar surface area (TPSA) is 110 Å². The number of para-hydroxylation sites is 1. The van der Waals surface area contributed by atoms with Crippen LogP contribution in [0, 0.1) is 0 Å². The molecule has 1 aliphatic rings. The number of aliphatic hydroxyl groups excluding tert-OH is 1. The Morgan fingerprint density at radius 1 is 1.21 bits per heavy atom. The number of hydrogen-bond acceptors (Lipinski definition) is 8. The molecule has 8 nitrogen and oxygen atoms in total. The molecule has 0 saturated carbocycles. The van der Waals surface area contributed by atoms with Crippen molar-refractivity contribution < 1.29 is 23.5 Å². The fourth-order valence-electron chi connectivity index (χ4n) is 3.25. The summed E-state index contributed by atoms with van der Waals surface area (Å²) in [5.41, 5.74) is 1.86. The monoisotopic (exact) mass is 393 g/mol. The van der Waals surface area contributed by atoms with E-state index in [2.05, 4.69) is 10.2 Å². The van der Waals surface area contributed by atoms with Gasteiger partial charge in [0.05, 0.1) is 11.8 Å². The summed E-state index contributed by atoms with van der Waals surface area (Å²) >= 11 is 1.11. The zero-order chi connectivity index (χ0) is 19.3. The van der Waals surface area contributed by atoms with Crippen LogP contribution in [-0.4, -0.2) is 27.0 Å². The Morgan fingerprint density at radius 2 is 2.07 bits per heavy atom. The molecule has 0 aliphatic carbocycles. The molecule has 4 heterocycles. The maximum Gasteiger partial charge on any atom is 0.296 e. The first kappa shape index (κ1) is 16.5. The van der Waals surface area contributed by atoms with Gasteiger partial charge in [-0.2, -0.15) is 0 Å². The predicted octanol–water partition coefficient (Wildman–Crippen LogP) is 3.66. The number of benzene rings is 1. The molecule has 1 N–H and O–H groups in total. The van der Waals surface area contributed by atoms with E-state index in [0.717, 1.165) is 16.7 Å². The van der Waals surface area contributed by atoms with Crippen molar-refractivity contribution in [2.24, 2.45) is 0 Å². The molecule has 1 aromatic carbocycles. The minimum absolute atomic E-state index is 0.0196. The molecule has 1 aliphatic heterocycles. The van der Waals surface area contributed by atoms with Crippen LogP contribution in [0.3, 0.4) is 0 Å². The lowest BCUT2D eigenvalue weighted by Crippen LogP contribution is -2.30. The van der Waals surface area contributed by atoms with Gasteiger partial charge >= 0.3 is 0 Å². The summed E-state index contributed by atoms with van der Waals surface area (Å²) in [6.07, 6.45) is 1.43.